The first-order valence-electron chi connectivity index (χ1n) is 9.91. The predicted molar refractivity (Wildman–Crippen MR) is 107 cm³/mol. The van der Waals surface area contributed by atoms with Gasteiger partial charge < -0.3 is 19.9 Å². The Kier molecular flexibility index (Phi) is 8.29. The van der Waals surface area contributed by atoms with Gasteiger partial charge in [-0.2, -0.15) is 0 Å². The van der Waals surface area contributed by atoms with Crippen LogP contribution in [0, 0.1) is 6.92 Å². The van der Waals surface area contributed by atoms with Crippen molar-refractivity contribution in [3.63, 3.8) is 0 Å². The average Bonchev–Trinajstić information content (AvgIpc) is 2.67. The summed E-state index contributed by atoms with van der Waals surface area (Å²) in [5.41, 5.74) is 2.13. The van der Waals surface area contributed by atoms with E-state index in [1.54, 1.807) is 23.6 Å². The fourth-order valence-electron chi connectivity index (χ4n) is 3.44. The predicted octanol–water partition coefficient (Wildman–Crippen LogP) is 2.12. The van der Waals surface area contributed by atoms with Gasteiger partial charge in [0.05, 0.1) is 13.0 Å². The summed E-state index contributed by atoms with van der Waals surface area (Å²) in [6.45, 7) is 7.75. The van der Waals surface area contributed by atoms with Crippen LogP contribution in [-0.4, -0.2) is 66.5 Å². The number of carbonyl (C=O) groups excluding carboxylic acids is 3. The van der Waals surface area contributed by atoms with Crippen LogP contribution in [0.1, 0.15) is 37.8 Å². The quantitative estimate of drug-likeness (QED) is 0.775. The number of carbonyl (C=O) groups is 3. The monoisotopic (exact) mass is 389 g/mol. The van der Waals surface area contributed by atoms with Crippen LogP contribution in [0.2, 0.25) is 0 Å². The van der Waals surface area contributed by atoms with Gasteiger partial charge in [-0.3, -0.25) is 9.59 Å². The number of nitrogens with one attached hydrogen (secondary N) is 1. The zero-order chi connectivity index (χ0) is 20.5. The molecule has 0 aromatic heterocycles. The lowest BCUT2D eigenvalue weighted by Crippen LogP contribution is -2.50. The maximum absolute atomic E-state index is 12.1. The Morgan fingerprint density at radius 2 is 1.82 bits per heavy atom. The van der Waals surface area contributed by atoms with Crippen molar-refractivity contribution in [2.24, 2.45) is 0 Å². The number of likely N-dealkylation sites (tertiary alicyclic amines) is 1. The molecule has 0 atom stereocenters. The summed E-state index contributed by atoms with van der Waals surface area (Å²) >= 11 is 0. The van der Waals surface area contributed by atoms with Gasteiger partial charge in [-0.1, -0.05) is 29.8 Å². The number of piperidine rings is 1. The maximum atomic E-state index is 12.1. The van der Waals surface area contributed by atoms with Crippen LogP contribution in [0.5, 0.6) is 0 Å². The highest BCUT2D eigenvalue weighted by Gasteiger charge is 2.28. The number of nitrogens with zero attached hydrogens (tertiary/aromatic N) is 2. The fraction of sp³-hybridized carbons (Fsp3) is 0.571. The molecule has 154 valence electrons. The number of hydrogen-bond acceptors (Lipinski definition) is 4. The van der Waals surface area contributed by atoms with E-state index in [9.17, 15) is 14.4 Å². The van der Waals surface area contributed by atoms with Gasteiger partial charge in [-0.05, 0) is 32.3 Å². The van der Waals surface area contributed by atoms with Gasteiger partial charge in [0.25, 0.3) is 0 Å². The SMILES string of the molecule is CCOC(=O)N1CCC(N(CCNC(=O)Cc2ccc(C)cc2)C(C)=O)CC1. The van der Waals surface area contributed by atoms with Crippen molar-refractivity contribution >= 4 is 17.9 Å². The second-order valence-electron chi connectivity index (χ2n) is 7.14. The Balaban J connectivity index is 1.77. The Labute approximate surface area is 167 Å². The van der Waals surface area contributed by atoms with Crippen LogP contribution >= 0.6 is 0 Å². The number of aryl methyl sites for hydroxylation is 1. The van der Waals surface area contributed by atoms with Crippen LogP contribution in [0.3, 0.4) is 0 Å². The lowest BCUT2D eigenvalue weighted by atomic mass is 10.0. The van der Waals surface area contributed by atoms with Crippen LogP contribution in [0.15, 0.2) is 24.3 Å². The smallest absolute Gasteiger partial charge is 0.409 e. The topological polar surface area (TPSA) is 79.0 Å². The summed E-state index contributed by atoms with van der Waals surface area (Å²) in [6.07, 6.45) is 1.47. The van der Waals surface area contributed by atoms with Crippen LogP contribution < -0.4 is 5.32 Å². The molecule has 0 saturated carbocycles. The average molecular weight is 389 g/mol. The lowest BCUT2D eigenvalue weighted by Gasteiger charge is -2.37. The summed E-state index contributed by atoms with van der Waals surface area (Å²) in [6, 6.07) is 7.96. The second kappa shape index (κ2) is 10.7. The summed E-state index contributed by atoms with van der Waals surface area (Å²) in [7, 11) is 0. The van der Waals surface area contributed by atoms with Crippen molar-refractivity contribution in [1.82, 2.24) is 15.1 Å². The van der Waals surface area contributed by atoms with Crippen molar-refractivity contribution < 1.29 is 19.1 Å². The van der Waals surface area contributed by atoms with Gasteiger partial charge >= 0.3 is 6.09 Å². The molecule has 2 rings (SSSR count). The number of amides is 3. The highest BCUT2D eigenvalue weighted by Crippen LogP contribution is 2.17. The molecule has 1 fully saturated rings. The van der Waals surface area contributed by atoms with Crippen LogP contribution in [-0.2, 0) is 20.7 Å². The van der Waals surface area contributed by atoms with E-state index >= 15 is 0 Å². The Morgan fingerprint density at radius 3 is 2.39 bits per heavy atom. The van der Waals surface area contributed by atoms with Gasteiger partial charge in [0.1, 0.15) is 0 Å². The van der Waals surface area contributed by atoms with E-state index in [1.807, 2.05) is 31.2 Å². The second-order valence-corrected chi connectivity index (χ2v) is 7.14. The lowest BCUT2D eigenvalue weighted by molar-refractivity contribution is -0.132. The standard InChI is InChI=1S/C21H31N3O4/c1-4-28-21(27)23-12-9-19(10-13-23)24(17(3)25)14-11-22-20(26)15-18-7-5-16(2)6-8-18/h5-8,19H,4,9-15H2,1-3H3,(H,22,26). The van der Waals surface area contributed by atoms with Crippen molar-refractivity contribution in [1.29, 1.82) is 0 Å². The fourth-order valence-corrected chi connectivity index (χ4v) is 3.44. The molecule has 7 heteroatoms. The summed E-state index contributed by atoms with van der Waals surface area (Å²) in [4.78, 5) is 39.5. The molecule has 1 aromatic carbocycles. The third kappa shape index (κ3) is 6.55. The van der Waals surface area contributed by atoms with Crippen molar-refractivity contribution in [3.05, 3.63) is 35.4 Å². The molecule has 1 saturated heterocycles. The van der Waals surface area contributed by atoms with Crippen LogP contribution in [0.4, 0.5) is 4.79 Å². The Morgan fingerprint density at radius 1 is 1.18 bits per heavy atom. The number of rotatable bonds is 7. The summed E-state index contributed by atoms with van der Waals surface area (Å²) in [5.74, 6) is -0.0631. The maximum Gasteiger partial charge on any atom is 0.409 e. The number of benzene rings is 1. The number of hydrogen-bond donors (Lipinski definition) is 1. The largest absolute Gasteiger partial charge is 0.450 e. The molecule has 1 aromatic rings. The minimum Gasteiger partial charge on any atom is -0.450 e. The zero-order valence-electron chi connectivity index (χ0n) is 17.1. The van der Waals surface area contributed by atoms with E-state index in [-0.39, 0.29) is 23.9 Å². The first-order chi connectivity index (χ1) is 13.4. The molecular formula is C21H31N3O4. The first-order valence-corrected chi connectivity index (χ1v) is 9.91. The van der Waals surface area contributed by atoms with Gasteiger partial charge in [0.2, 0.25) is 11.8 Å². The van der Waals surface area contributed by atoms with Crippen molar-refractivity contribution in [2.75, 3.05) is 32.8 Å². The Hall–Kier alpha value is -2.57. The molecule has 1 N–H and O–H groups in total. The Bertz CT molecular complexity index is 667. The highest BCUT2D eigenvalue weighted by atomic mass is 16.6. The van der Waals surface area contributed by atoms with Crippen molar-refractivity contribution in [2.45, 2.75) is 46.1 Å². The highest BCUT2D eigenvalue weighted by molar-refractivity contribution is 5.78. The van der Waals surface area contributed by atoms with E-state index in [4.69, 9.17) is 4.74 Å². The summed E-state index contributed by atoms with van der Waals surface area (Å²) < 4.78 is 5.03. The third-order valence-electron chi connectivity index (χ3n) is 5.00. The van der Waals surface area contributed by atoms with E-state index in [1.165, 1.54) is 0 Å². The van der Waals surface area contributed by atoms with E-state index in [2.05, 4.69) is 5.32 Å². The minimum atomic E-state index is -0.293. The van der Waals surface area contributed by atoms with E-state index < -0.39 is 0 Å². The van der Waals surface area contributed by atoms with E-state index in [0.717, 1.165) is 24.0 Å². The molecule has 0 aliphatic carbocycles. The van der Waals surface area contributed by atoms with Gasteiger partial charge in [0, 0.05) is 39.1 Å². The first kappa shape index (κ1) is 21.7. The molecular weight excluding hydrogens is 358 g/mol. The normalized spacial score (nSPS) is 14.5. The number of ether oxygens (including phenoxy) is 1. The van der Waals surface area contributed by atoms with E-state index in [0.29, 0.717) is 39.2 Å². The zero-order valence-corrected chi connectivity index (χ0v) is 17.1. The summed E-state index contributed by atoms with van der Waals surface area (Å²) in [5, 5.41) is 2.90. The van der Waals surface area contributed by atoms with Gasteiger partial charge in [0.15, 0.2) is 0 Å². The molecule has 1 aliphatic heterocycles. The minimum absolute atomic E-state index is 0.0117. The molecule has 0 spiro atoms. The van der Waals surface area contributed by atoms with Gasteiger partial charge in [-0.25, -0.2) is 4.79 Å². The van der Waals surface area contributed by atoms with Gasteiger partial charge in [-0.15, -0.1) is 0 Å². The third-order valence-corrected chi connectivity index (χ3v) is 5.00. The van der Waals surface area contributed by atoms with Crippen LogP contribution in [0.25, 0.3) is 0 Å². The molecule has 1 heterocycles. The molecule has 28 heavy (non-hydrogen) atoms. The molecule has 0 radical (unpaired) electrons. The molecule has 0 bridgehead atoms. The molecule has 7 nitrogen and oxygen atoms in total. The molecule has 3 amide bonds. The molecule has 1 aliphatic rings. The molecule has 0 unspecified atom stereocenters. The van der Waals surface area contributed by atoms with Crippen molar-refractivity contribution in [3.8, 4) is 0 Å².